The zero-order chi connectivity index (χ0) is 14.1. The maximum atomic E-state index is 3.22. The molecule has 0 bridgehead atoms. The second-order valence-electron chi connectivity index (χ2n) is 4.96. The Morgan fingerprint density at radius 1 is 1.20 bits per heavy atom. The van der Waals surface area contributed by atoms with E-state index in [1.54, 1.807) is 3.26 Å². The van der Waals surface area contributed by atoms with Crippen molar-refractivity contribution in [3.8, 4) is 0 Å². The largest absolute Gasteiger partial charge is 1.00 e. The van der Waals surface area contributed by atoms with Gasteiger partial charge in [-0.1, -0.05) is 26.7 Å². The molecule has 0 saturated carbocycles. The van der Waals surface area contributed by atoms with Crippen molar-refractivity contribution in [1.82, 2.24) is 0 Å². The predicted molar refractivity (Wildman–Crippen MR) is 77.9 cm³/mol. The second-order valence-corrected chi connectivity index (χ2v) is 8.55. The van der Waals surface area contributed by atoms with Crippen LogP contribution in [0.2, 0.25) is 0 Å². The number of allylic oxidation sites excluding steroid dienone is 8. The van der Waals surface area contributed by atoms with Gasteiger partial charge in [-0.25, -0.2) is 23.8 Å². The first-order valence-electron chi connectivity index (χ1n) is 6.35. The topological polar surface area (TPSA) is 0 Å². The molecule has 0 spiro atoms. The molecule has 3 heteroatoms. The number of hydrogen-bond donors (Lipinski definition) is 0. The fraction of sp³-hybridized carbons (Fsp3) is 0.471. The van der Waals surface area contributed by atoms with Crippen LogP contribution >= 0.6 is 0 Å². The van der Waals surface area contributed by atoms with Crippen LogP contribution in [-0.4, -0.2) is 3.26 Å². The van der Waals surface area contributed by atoms with Gasteiger partial charge in [-0.2, -0.15) is 11.1 Å². The Balaban J connectivity index is -0.000000218. The Labute approximate surface area is 152 Å². The molecule has 0 aromatic rings. The van der Waals surface area contributed by atoms with Crippen LogP contribution in [0.3, 0.4) is 0 Å². The first-order chi connectivity index (χ1) is 8.34. The molecular weight excluding hydrogens is 454 g/mol. The van der Waals surface area contributed by atoms with Crippen LogP contribution in [0, 0.1) is 18.1 Å². The Hall–Kier alpha value is 0.280. The molecule has 0 aromatic carbocycles. The molecule has 0 fully saturated rings. The zero-order valence-electron chi connectivity index (χ0n) is 13.3. The van der Waals surface area contributed by atoms with E-state index < -0.39 is 0 Å². The van der Waals surface area contributed by atoms with Gasteiger partial charge in [0.05, 0.1) is 0 Å². The van der Waals surface area contributed by atoms with Crippen molar-refractivity contribution in [1.29, 1.82) is 0 Å². The summed E-state index contributed by atoms with van der Waals surface area (Å²) in [6.45, 7) is 12.9. The van der Waals surface area contributed by atoms with Crippen LogP contribution in [0.25, 0.3) is 0 Å². The number of rotatable bonds is 0. The van der Waals surface area contributed by atoms with E-state index in [9.17, 15) is 0 Å². The Kier molecular flexibility index (Phi) is 18.0. The normalized spacial score (nSPS) is 18.0. The van der Waals surface area contributed by atoms with Crippen LogP contribution in [0.4, 0.5) is 0 Å². The van der Waals surface area contributed by atoms with Gasteiger partial charge < -0.3 is 24.8 Å². The van der Waals surface area contributed by atoms with Gasteiger partial charge in [0.15, 0.2) is 0 Å². The van der Waals surface area contributed by atoms with Gasteiger partial charge in [-0.15, -0.1) is 13.3 Å². The summed E-state index contributed by atoms with van der Waals surface area (Å²) in [6.07, 6.45) is 13.4. The fourth-order valence-electron chi connectivity index (χ4n) is 1.31. The van der Waals surface area contributed by atoms with Crippen LogP contribution < -0.4 is 24.8 Å². The molecule has 0 amide bonds. The standard InChI is InChI=1S/C8H11.C6H7.C3H6.2ClH.Hf/c1-6-4-5-7(2)8(6)3;1-6-4-2-3-5-6;1-3-2;;;/h4,7H,1-3H3;2,4H,5H2,1H3;1-2H3;2*1H;/q2*-1;;;;+2/p-2. The summed E-state index contributed by atoms with van der Waals surface area (Å²) < 4.78 is 1.56. The van der Waals surface area contributed by atoms with Gasteiger partial charge in [-0.05, 0) is 0 Å². The molecule has 1 atom stereocenters. The summed E-state index contributed by atoms with van der Waals surface area (Å²) in [4.78, 5) is 0. The van der Waals surface area contributed by atoms with Crippen molar-refractivity contribution in [3.63, 3.8) is 0 Å². The maximum Gasteiger partial charge on any atom is -1.00 e. The Morgan fingerprint density at radius 3 is 1.80 bits per heavy atom. The van der Waals surface area contributed by atoms with Crippen LogP contribution in [0.5, 0.6) is 0 Å². The summed E-state index contributed by atoms with van der Waals surface area (Å²) in [7, 11) is 0. The first-order valence-corrected chi connectivity index (χ1v) is 8.15. The Bertz CT molecular complexity index is 397. The molecule has 0 nitrogen and oxygen atoms in total. The van der Waals surface area contributed by atoms with E-state index in [0.717, 1.165) is 6.42 Å². The summed E-state index contributed by atoms with van der Waals surface area (Å²) in [5, 5.41) is 0. The molecule has 2 aliphatic rings. The van der Waals surface area contributed by atoms with E-state index in [2.05, 4.69) is 65.8 Å². The Morgan fingerprint density at radius 2 is 1.70 bits per heavy atom. The van der Waals surface area contributed by atoms with E-state index in [0.29, 0.717) is 5.92 Å². The van der Waals surface area contributed by atoms with Crippen LogP contribution in [0.15, 0.2) is 34.9 Å². The molecule has 0 radical (unpaired) electrons. The third kappa shape index (κ3) is 13.3. The first kappa shape index (κ1) is 25.2. The molecule has 0 saturated heterocycles. The quantitative estimate of drug-likeness (QED) is 0.303. The number of halogens is 2. The van der Waals surface area contributed by atoms with E-state index in [4.69, 9.17) is 0 Å². The van der Waals surface area contributed by atoms with Gasteiger partial charge in [0.2, 0.25) is 0 Å². The van der Waals surface area contributed by atoms with Gasteiger partial charge in [0.25, 0.3) is 0 Å². The molecule has 0 aromatic heterocycles. The van der Waals surface area contributed by atoms with Crippen molar-refractivity contribution >= 4 is 3.26 Å². The minimum Gasteiger partial charge on any atom is -1.00 e. The van der Waals surface area contributed by atoms with Crippen molar-refractivity contribution in [2.24, 2.45) is 5.92 Å². The number of hydrogen-bond acceptors (Lipinski definition) is 0. The molecular formula is C17H24Cl2Hf-2. The van der Waals surface area contributed by atoms with Gasteiger partial charge in [0, 0.05) is 0 Å². The zero-order valence-corrected chi connectivity index (χ0v) is 18.4. The van der Waals surface area contributed by atoms with Gasteiger partial charge >= 0.3 is 41.0 Å². The third-order valence-corrected chi connectivity index (χ3v) is 2.69. The SMILES string of the molecule is CC1=C(C)C(C)[C-]=C1.CC1=CC=[C-]C1.C[C](C)=[Hf+2].[Cl-].[Cl-]. The van der Waals surface area contributed by atoms with Crippen molar-refractivity contribution in [2.45, 2.75) is 48.0 Å². The summed E-state index contributed by atoms with van der Waals surface area (Å²) in [5.41, 5.74) is 4.26. The van der Waals surface area contributed by atoms with E-state index in [-0.39, 0.29) is 24.8 Å². The predicted octanol–water partition coefficient (Wildman–Crippen LogP) is -1.22. The van der Waals surface area contributed by atoms with Crippen molar-refractivity contribution in [2.75, 3.05) is 0 Å². The monoisotopic (exact) mass is 478 g/mol. The molecule has 0 N–H and O–H groups in total. The smallest absolute Gasteiger partial charge is 1.00 e. The van der Waals surface area contributed by atoms with Crippen molar-refractivity contribution < 1.29 is 48.7 Å². The maximum absolute atomic E-state index is 3.22. The summed E-state index contributed by atoms with van der Waals surface area (Å²) >= 11 is 1.27. The molecule has 0 aliphatic heterocycles. The molecule has 2 rings (SSSR count). The molecule has 1 unspecified atom stereocenters. The average Bonchev–Trinajstić information content (AvgIpc) is 2.84. The van der Waals surface area contributed by atoms with Crippen LogP contribution in [-0.2, 0) is 23.9 Å². The van der Waals surface area contributed by atoms with Gasteiger partial charge in [-0.3, -0.25) is 12.2 Å². The summed E-state index contributed by atoms with van der Waals surface area (Å²) in [6, 6.07) is 0. The van der Waals surface area contributed by atoms with E-state index >= 15 is 0 Å². The van der Waals surface area contributed by atoms with E-state index in [1.165, 1.54) is 40.6 Å². The fourth-order valence-corrected chi connectivity index (χ4v) is 1.31. The summed E-state index contributed by atoms with van der Waals surface area (Å²) in [5.74, 6) is 0.565. The van der Waals surface area contributed by atoms with Crippen LogP contribution in [0.1, 0.15) is 48.0 Å². The second kappa shape index (κ2) is 14.2. The third-order valence-electron chi connectivity index (χ3n) is 2.69. The minimum atomic E-state index is 0. The molecule has 0 heterocycles. The van der Waals surface area contributed by atoms with E-state index in [1.807, 2.05) is 6.08 Å². The van der Waals surface area contributed by atoms with Crippen molar-refractivity contribution in [3.05, 3.63) is 47.1 Å². The molecule has 2 aliphatic carbocycles. The minimum absolute atomic E-state index is 0. The average molecular weight is 478 g/mol. The van der Waals surface area contributed by atoms with Gasteiger partial charge in [0.1, 0.15) is 0 Å². The molecule has 112 valence electrons. The molecule has 20 heavy (non-hydrogen) atoms.